The number of rotatable bonds is 6. The molecule has 1 fully saturated rings. The molecule has 0 unspecified atom stereocenters. The highest BCUT2D eigenvalue weighted by molar-refractivity contribution is 4.87. The van der Waals surface area contributed by atoms with Crippen LogP contribution in [0.15, 0.2) is 0 Å². The van der Waals surface area contributed by atoms with Crippen molar-refractivity contribution in [1.29, 1.82) is 0 Å². The monoisotopic (exact) mass is 201 g/mol. The first kappa shape index (κ1) is 12.0. The fourth-order valence-corrected chi connectivity index (χ4v) is 1.75. The van der Waals surface area contributed by atoms with Gasteiger partial charge in [0.25, 0.3) is 0 Å². The number of ether oxygens (including phenoxy) is 1. The van der Waals surface area contributed by atoms with E-state index in [0.717, 1.165) is 32.2 Å². The molecule has 0 bridgehead atoms. The van der Waals surface area contributed by atoms with E-state index in [4.69, 9.17) is 4.74 Å². The second-order valence-corrected chi connectivity index (χ2v) is 5.07. The lowest BCUT2D eigenvalue weighted by atomic mass is 9.86. The van der Waals surface area contributed by atoms with Gasteiger partial charge in [-0.1, -0.05) is 13.8 Å². The maximum absolute atomic E-state index is 9.26. The number of nitrogens with zero attached hydrogens (tertiary/aromatic N) is 1. The third-order valence-corrected chi connectivity index (χ3v) is 2.85. The lowest BCUT2D eigenvalue weighted by molar-refractivity contribution is -0.146. The van der Waals surface area contributed by atoms with Gasteiger partial charge < -0.3 is 14.7 Å². The summed E-state index contributed by atoms with van der Waals surface area (Å²) < 4.78 is 5.17. The van der Waals surface area contributed by atoms with Crippen molar-refractivity contribution < 1.29 is 9.84 Å². The minimum atomic E-state index is 0.0335. The second kappa shape index (κ2) is 5.10. The lowest BCUT2D eigenvalue weighted by Crippen LogP contribution is -2.52. The minimum absolute atomic E-state index is 0.0335. The zero-order valence-corrected chi connectivity index (χ0v) is 9.62. The quantitative estimate of drug-likeness (QED) is 0.695. The van der Waals surface area contributed by atoms with Crippen LogP contribution < -0.4 is 0 Å². The van der Waals surface area contributed by atoms with Crippen LogP contribution in [-0.2, 0) is 4.74 Å². The number of hydrogen-bond donors (Lipinski definition) is 1. The number of aliphatic hydroxyl groups is 1. The molecule has 1 aliphatic heterocycles. The Labute approximate surface area is 87.1 Å². The fraction of sp³-hybridized carbons (Fsp3) is 1.00. The predicted molar refractivity (Wildman–Crippen MR) is 57.3 cm³/mol. The molecule has 1 aliphatic rings. The Kier molecular flexibility index (Phi) is 4.35. The third-order valence-electron chi connectivity index (χ3n) is 2.85. The Bertz CT molecular complexity index is 161. The van der Waals surface area contributed by atoms with Crippen molar-refractivity contribution in [3.05, 3.63) is 0 Å². The predicted octanol–water partition coefficient (Wildman–Crippen LogP) is 0.973. The smallest absolute Gasteiger partial charge is 0.0579 e. The Morgan fingerprint density at radius 2 is 2.07 bits per heavy atom. The van der Waals surface area contributed by atoms with Gasteiger partial charge >= 0.3 is 0 Å². The van der Waals surface area contributed by atoms with Gasteiger partial charge in [-0.05, 0) is 25.9 Å². The van der Waals surface area contributed by atoms with Crippen molar-refractivity contribution in [2.45, 2.75) is 20.3 Å². The van der Waals surface area contributed by atoms with Crippen molar-refractivity contribution in [3.63, 3.8) is 0 Å². The Balaban J connectivity index is 2.21. The molecule has 0 atom stereocenters. The van der Waals surface area contributed by atoms with Gasteiger partial charge in [0.05, 0.1) is 25.2 Å². The Morgan fingerprint density at radius 1 is 1.43 bits per heavy atom. The van der Waals surface area contributed by atoms with Crippen LogP contribution in [0.2, 0.25) is 0 Å². The maximum Gasteiger partial charge on any atom is 0.0579 e. The van der Waals surface area contributed by atoms with E-state index in [1.54, 1.807) is 0 Å². The molecule has 3 nitrogen and oxygen atoms in total. The first-order chi connectivity index (χ1) is 6.58. The molecule has 0 aromatic carbocycles. The summed E-state index contributed by atoms with van der Waals surface area (Å²) in [5.74, 6) is 0.750. The molecule has 0 saturated carbocycles. The average Bonchev–Trinajstić information content (AvgIpc) is 2.08. The molecule has 0 radical (unpaired) electrons. The van der Waals surface area contributed by atoms with Gasteiger partial charge in [0, 0.05) is 6.54 Å². The Hall–Kier alpha value is -0.120. The van der Waals surface area contributed by atoms with Gasteiger partial charge in [0.15, 0.2) is 0 Å². The molecule has 14 heavy (non-hydrogen) atoms. The zero-order valence-electron chi connectivity index (χ0n) is 9.62. The standard InChI is InChI=1S/C11H23NO2/c1-10(2)4-5-12(3)6-11(7-13)8-14-9-11/h10,13H,4-9H2,1-3H3. The number of aliphatic hydroxyl groups excluding tert-OH is 1. The molecular weight excluding hydrogens is 178 g/mol. The van der Waals surface area contributed by atoms with Crippen LogP contribution in [0, 0.1) is 11.3 Å². The largest absolute Gasteiger partial charge is 0.396 e. The molecule has 0 aliphatic carbocycles. The molecule has 1 heterocycles. The van der Waals surface area contributed by atoms with Gasteiger partial charge in [-0.2, -0.15) is 0 Å². The third kappa shape index (κ3) is 3.23. The van der Waals surface area contributed by atoms with Crippen LogP contribution >= 0.6 is 0 Å². The molecule has 0 spiro atoms. The van der Waals surface area contributed by atoms with Crippen LogP contribution in [0.3, 0.4) is 0 Å². The van der Waals surface area contributed by atoms with E-state index in [0.29, 0.717) is 0 Å². The second-order valence-electron chi connectivity index (χ2n) is 5.07. The first-order valence-corrected chi connectivity index (χ1v) is 5.45. The van der Waals surface area contributed by atoms with E-state index in [1.165, 1.54) is 6.42 Å². The van der Waals surface area contributed by atoms with Crippen LogP contribution in [0.5, 0.6) is 0 Å². The number of hydrogen-bond acceptors (Lipinski definition) is 3. The highest BCUT2D eigenvalue weighted by Crippen LogP contribution is 2.27. The van der Waals surface area contributed by atoms with Gasteiger partial charge in [-0.25, -0.2) is 0 Å². The highest BCUT2D eigenvalue weighted by atomic mass is 16.5. The average molecular weight is 201 g/mol. The van der Waals surface area contributed by atoms with Crippen molar-refractivity contribution in [3.8, 4) is 0 Å². The van der Waals surface area contributed by atoms with E-state index < -0.39 is 0 Å². The maximum atomic E-state index is 9.26. The SMILES string of the molecule is CC(C)CCN(C)CC1(CO)COC1. The molecule has 1 rings (SSSR count). The van der Waals surface area contributed by atoms with Crippen LogP contribution in [0.4, 0.5) is 0 Å². The van der Waals surface area contributed by atoms with Crippen molar-refractivity contribution in [2.24, 2.45) is 11.3 Å². The van der Waals surface area contributed by atoms with Crippen LogP contribution in [-0.4, -0.2) is 50.0 Å². The molecule has 0 aromatic heterocycles. The van der Waals surface area contributed by atoms with E-state index in [1.807, 2.05) is 0 Å². The van der Waals surface area contributed by atoms with Crippen LogP contribution in [0.1, 0.15) is 20.3 Å². The van der Waals surface area contributed by atoms with E-state index in [9.17, 15) is 5.11 Å². The van der Waals surface area contributed by atoms with E-state index in [-0.39, 0.29) is 12.0 Å². The van der Waals surface area contributed by atoms with Crippen molar-refractivity contribution in [2.75, 3.05) is 40.0 Å². The summed E-state index contributed by atoms with van der Waals surface area (Å²) in [6, 6.07) is 0. The molecule has 1 saturated heterocycles. The summed E-state index contributed by atoms with van der Waals surface area (Å²) in [6.07, 6.45) is 1.22. The normalized spacial score (nSPS) is 20.1. The molecule has 84 valence electrons. The fourth-order valence-electron chi connectivity index (χ4n) is 1.75. The van der Waals surface area contributed by atoms with E-state index in [2.05, 4.69) is 25.8 Å². The molecule has 1 N–H and O–H groups in total. The minimum Gasteiger partial charge on any atom is -0.396 e. The Morgan fingerprint density at radius 3 is 2.43 bits per heavy atom. The van der Waals surface area contributed by atoms with Gasteiger partial charge in [-0.15, -0.1) is 0 Å². The summed E-state index contributed by atoms with van der Waals surface area (Å²) >= 11 is 0. The molecular formula is C11H23NO2. The molecule has 3 heteroatoms. The highest BCUT2D eigenvalue weighted by Gasteiger charge is 2.38. The summed E-state index contributed by atoms with van der Waals surface area (Å²) in [6.45, 7) is 8.23. The van der Waals surface area contributed by atoms with Gasteiger partial charge in [0.1, 0.15) is 0 Å². The summed E-state index contributed by atoms with van der Waals surface area (Å²) in [5.41, 5.74) is 0.0335. The van der Waals surface area contributed by atoms with Gasteiger partial charge in [0.2, 0.25) is 0 Å². The topological polar surface area (TPSA) is 32.7 Å². The zero-order chi connectivity index (χ0) is 10.6. The van der Waals surface area contributed by atoms with Crippen LogP contribution in [0.25, 0.3) is 0 Å². The summed E-state index contributed by atoms with van der Waals surface area (Å²) in [7, 11) is 2.12. The summed E-state index contributed by atoms with van der Waals surface area (Å²) in [4.78, 5) is 2.30. The van der Waals surface area contributed by atoms with Gasteiger partial charge in [-0.3, -0.25) is 0 Å². The first-order valence-electron chi connectivity index (χ1n) is 5.45. The summed E-state index contributed by atoms with van der Waals surface area (Å²) in [5, 5.41) is 9.26. The van der Waals surface area contributed by atoms with Crippen molar-refractivity contribution in [1.82, 2.24) is 4.90 Å². The lowest BCUT2D eigenvalue weighted by Gasteiger charge is -2.42. The van der Waals surface area contributed by atoms with Crippen molar-refractivity contribution >= 4 is 0 Å². The van der Waals surface area contributed by atoms with E-state index >= 15 is 0 Å². The molecule has 0 aromatic rings. The molecule has 0 amide bonds.